The van der Waals surface area contributed by atoms with Crippen molar-refractivity contribution in [3.05, 3.63) is 0 Å². The van der Waals surface area contributed by atoms with Crippen molar-refractivity contribution in [3.63, 3.8) is 0 Å². The van der Waals surface area contributed by atoms with Gasteiger partial charge in [0.2, 0.25) is 0 Å². The molecule has 0 fully saturated rings. The number of aliphatic carboxylic acids is 2. The lowest BCUT2D eigenvalue weighted by atomic mass is 10.1. The maximum absolute atomic E-state index is 10.6. The number of nitrogens with two attached hydrogens (primary N) is 2. The van der Waals surface area contributed by atoms with Crippen LogP contribution in [-0.4, -0.2) is 44.7 Å². The average Bonchev–Trinajstić information content (AvgIpc) is 2.12. The molecule has 0 saturated carbocycles. The summed E-state index contributed by atoms with van der Waals surface area (Å²) in [5.74, 6) is -2.10. The topological polar surface area (TPSA) is 127 Å². The molecule has 0 heterocycles. The molecule has 6 nitrogen and oxygen atoms in total. The van der Waals surface area contributed by atoms with Crippen LogP contribution in [0.4, 0.5) is 0 Å². The fourth-order valence-corrected chi connectivity index (χ4v) is 1.80. The van der Waals surface area contributed by atoms with Gasteiger partial charge in [-0.05, 0) is 13.8 Å². The molecule has 15 heavy (non-hydrogen) atoms. The Morgan fingerprint density at radius 2 is 1.73 bits per heavy atom. The largest absolute Gasteiger partial charge is 0.480 e. The number of carboxylic acids is 2. The Balaban J connectivity index is 4.26. The minimum Gasteiger partial charge on any atom is -0.480 e. The molecule has 6 N–H and O–H groups in total. The summed E-state index contributed by atoms with van der Waals surface area (Å²) in [7, 11) is 0. The second-order valence-corrected chi connectivity index (χ2v) is 5.35. The molecule has 88 valence electrons. The average molecular weight is 236 g/mol. The third-order valence-electron chi connectivity index (χ3n) is 1.97. The summed E-state index contributed by atoms with van der Waals surface area (Å²) in [4.78, 5) is 21.1. The predicted octanol–water partition coefficient (Wildman–Crippen LogP) is -0.678. The molecule has 0 radical (unpaired) electrons. The summed E-state index contributed by atoms with van der Waals surface area (Å²) < 4.78 is -0.751. The van der Waals surface area contributed by atoms with Crippen molar-refractivity contribution in [2.24, 2.45) is 11.5 Å². The lowest BCUT2D eigenvalue weighted by molar-refractivity contribution is -0.139. The molecule has 0 aliphatic rings. The first-order valence-corrected chi connectivity index (χ1v) is 5.27. The van der Waals surface area contributed by atoms with Gasteiger partial charge in [-0.25, -0.2) is 0 Å². The van der Waals surface area contributed by atoms with E-state index in [0.29, 0.717) is 0 Å². The van der Waals surface area contributed by atoms with E-state index in [-0.39, 0.29) is 5.75 Å². The highest BCUT2D eigenvalue weighted by atomic mass is 32.2. The number of thioether (sulfide) groups is 1. The van der Waals surface area contributed by atoms with Crippen molar-refractivity contribution in [3.8, 4) is 0 Å². The zero-order valence-electron chi connectivity index (χ0n) is 8.64. The molecule has 0 aliphatic carbocycles. The summed E-state index contributed by atoms with van der Waals surface area (Å²) in [6, 6.07) is -2.06. The normalized spacial score (nSPS) is 15.7. The van der Waals surface area contributed by atoms with Gasteiger partial charge in [0.05, 0.1) is 0 Å². The molecule has 1 unspecified atom stereocenters. The molecule has 7 heteroatoms. The van der Waals surface area contributed by atoms with Crippen molar-refractivity contribution in [2.45, 2.75) is 30.7 Å². The third-order valence-corrected chi connectivity index (χ3v) is 3.49. The highest BCUT2D eigenvalue weighted by Gasteiger charge is 2.33. The lowest BCUT2D eigenvalue weighted by Crippen LogP contribution is -2.48. The van der Waals surface area contributed by atoms with Crippen LogP contribution >= 0.6 is 11.8 Å². The van der Waals surface area contributed by atoms with Gasteiger partial charge in [0.15, 0.2) is 0 Å². The molecule has 0 aromatic rings. The number of rotatable bonds is 6. The second kappa shape index (κ2) is 5.34. The van der Waals surface area contributed by atoms with Crippen LogP contribution in [0.5, 0.6) is 0 Å². The quantitative estimate of drug-likeness (QED) is 0.481. The molecular formula is C8H16N2O4S. The van der Waals surface area contributed by atoms with E-state index in [0.717, 1.165) is 11.8 Å². The van der Waals surface area contributed by atoms with Crippen molar-refractivity contribution in [2.75, 3.05) is 5.75 Å². The summed E-state index contributed by atoms with van der Waals surface area (Å²) >= 11 is 1.14. The first-order chi connectivity index (χ1) is 6.68. The molecule has 2 atom stereocenters. The van der Waals surface area contributed by atoms with Crippen LogP contribution < -0.4 is 11.5 Å². The van der Waals surface area contributed by atoms with E-state index in [1.54, 1.807) is 13.8 Å². The van der Waals surface area contributed by atoms with Gasteiger partial charge in [0.25, 0.3) is 0 Å². The SMILES string of the molecule is CC(C)(SCC(N)C(=O)O)[C@H](N)C(=O)O. The Kier molecular flexibility index (Phi) is 5.06. The monoisotopic (exact) mass is 236 g/mol. The van der Waals surface area contributed by atoms with Gasteiger partial charge in [-0.2, -0.15) is 11.8 Å². The summed E-state index contributed by atoms with van der Waals surface area (Å²) in [6.07, 6.45) is 0. The van der Waals surface area contributed by atoms with Crippen LogP contribution in [-0.2, 0) is 9.59 Å². The van der Waals surface area contributed by atoms with Gasteiger partial charge in [-0.15, -0.1) is 0 Å². The molecule has 0 saturated heterocycles. The van der Waals surface area contributed by atoms with Gasteiger partial charge in [0, 0.05) is 10.5 Å². The van der Waals surface area contributed by atoms with Crippen molar-refractivity contribution >= 4 is 23.7 Å². The highest BCUT2D eigenvalue weighted by molar-refractivity contribution is 8.00. The number of hydrogen-bond donors (Lipinski definition) is 4. The maximum Gasteiger partial charge on any atom is 0.321 e. The highest BCUT2D eigenvalue weighted by Crippen LogP contribution is 2.27. The third kappa shape index (κ3) is 4.50. The van der Waals surface area contributed by atoms with Gasteiger partial charge in [-0.1, -0.05) is 0 Å². The summed E-state index contributed by atoms with van der Waals surface area (Å²) in [5, 5.41) is 17.2. The van der Waals surface area contributed by atoms with Crippen LogP contribution in [0.3, 0.4) is 0 Å². The van der Waals surface area contributed by atoms with E-state index in [4.69, 9.17) is 21.7 Å². The molecule has 0 spiro atoms. The molecule has 0 aromatic heterocycles. The van der Waals surface area contributed by atoms with E-state index in [2.05, 4.69) is 0 Å². The van der Waals surface area contributed by atoms with E-state index >= 15 is 0 Å². The molecule has 0 rings (SSSR count). The lowest BCUT2D eigenvalue weighted by Gasteiger charge is -2.28. The first-order valence-electron chi connectivity index (χ1n) is 4.29. The molecule has 0 aromatic carbocycles. The molecular weight excluding hydrogens is 220 g/mol. The van der Waals surface area contributed by atoms with Gasteiger partial charge < -0.3 is 21.7 Å². The Morgan fingerprint density at radius 3 is 2.07 bits per heavy atom. The second-order valence-electron chi connectivity index (χ2n) is 3.68. The zero-order chi connectivity index (χ0) is 12.2. The standard InChI is InChI=1S/C8H16N2O4S/c1-8(2,5(10)7(13)14)15-3-4(9)6(11)12/h4-5H,3,9-10H2,1-2H3,(H,11,12)(H,13,14)/t4?,5-/m1/s1. The minimum atomic E-state index is -1.11. The predicted molar refractivity (Wildman–Crippen MR) is 57.8 cm³/mol. The van der Waals surface area contributed by atoms with Crippen LogP contribution in [0.25, 0.3) is 0 Å². The molecule has 0 amide bonds. The number of carboxylic acid groups (broad SMARTS) is 2. The van der Waals surface area contributed by atoms with E-state index < -0.39 is 28.8 Å². The minimum absolute atomic E-state index is 0.128. The zero-order valence-corrected chi connectivity index (χ0v) is 9.45. The van der Waals surface area contributed by atoms with Crippen LogP contribution in [0, 0.1) is 0 Å². The Hall–Kier alpha value is -0.790. The van der Waals surface area contributed by atoms with Crippen molar-refractivity contribution in [1.29, 1.82) is 0 Å². The fraction of sp³-hybridized carbons (Fsp3) is 0.750. The van der Waals surface area contributed by atoms with Gasteiger partial charge in [0.1, 0.15) is 12.1 Å². The van der Waals surface area contributed by atoms with E-state index in [1.807, 2.05) is 0 Å². The fourth-order valence-electron chi connectivity index (χ4n) is 0.763. The van der Waals surface area contributed by atoms with Gasteiger partial charge >= 0.3 is 11.9 Å². The first kappa shape index (κ1) is 14.2. The van der Waals surface area contributed by atoms with Crippen molar-refractivity contribution in [1.82, 2.24) is 0 Å². The Labute approximate surface area is 92.0 Å². The smallest absolute Gasteiger partial charge is 0.321 e. The maximum atomic E-state index is 10.6. The van der Waals surface area contributed by atoms with Crippen LogP contribution in [0.2, 0.25) is 0 Å². The summed E-state index contributed by atoms with van der Waals surface area (Å²) in [5.41, 5.74) is 10.7. The van der Waals surface area contributed by atoms with E-state index in [9.17, 15) is 9.59 Å². The van der Waals surface area contributed by atoms with E-state index in [1.165, 1.54) is 0 Å². The van der Waals surface area contributed by atoms with Gasteiger partial charge in [-0.3, -0.25) is 9.59 Å². The van der Waals surface area contributed by atoms with Crippen molar-refractivity contribution < 1.29 is 19.8 Å². The summed E-state index contributed by atoms with van der Waals surface area (Å²) in [6.45, 7) is 3.29. The molecule has 0 aliphatic heterocycles. The number of hydrogen-bond acceptors (Lipinski definition) is 5. The van der Waals surface area contributed by atoms with Crippen LogP contribution in [0.1, 0.15) is 13.8 Å². The number of carbonyl (C=O) groups is 2. The Bertz CT molecular complexity index is 257. The Morgan fingerprint density at radius 1 is 1.27 bits per heavy atom. The van der Waals surface area contributed by atoms with Crippen LogP contribution in [0.15, 0.2) is 0 Å². The molecule has 0 bridgehead atoms.